The number of carboxylic acid groups (broad SMARTS) is 1. The van der Waals surface area contributed by atoms with E-state index in [1.807, 2.05) is 105 Å². The summed E-state index contributed by atoms with van der Waals surface area (Å²) >= 11 is 0. The molecule has 0 aliphatic carbocycles. The van der Waals surface area contributed by atoms with Crippen LogP contribution in [0.4, 0.5) is 0 Å². The highest BCUT2D eigenvalue weighted by Gasteiger charge is 2.43. The average molecular weight is 487 g/mol. The average Bonchev–Trinajstić information content (AvgIpc) is 2.73. The van der Waals surface area contributed by atoms with Crippen LogP contribution in [-0.2, 0) is 19.8 Å². The van der Waals surface area contributed by atoms with E-state index < -0.39 is 34.8 Å². The number of carbonyl (C=O) groups excluding carboxylic acids is 2. The lowest BCUT2D eigenvalue weighted by Crippen LogP contribution is -2.60. The van der Waals surface area contributed by atoms with Gasteiger partial charge in [0.05, 0.1) is 12.1 Å². The fraction of sp³-hybridized carbons (Fsp3) is 0.621. The molecule has 1 rings (SSSR count). The van der Waals surface area contributed by atoms with Crippen LogP contribution in [-0.4, -0.2) is 53.8 Å². The molecule has 1 amide bonds. The second kappa shape index (κ2) is 12.0. The molecule has 0 aliphatic heterocycles. The third-order valence-electron chi connectivity index (χ3n) is 6.98. The molecule has 6 heteroatoms. The van der Waals surface area contributed by atoms with Crippen LogP contribution in [0.5, 0.6) is 0 Å². The van der Waals surface area contributed by atoms with Gasteiger partial charge >= 0.3 is 5.97 Å². The lowest BCUT2D eigenvalue weighted by Gasteiger charge is -2.41. The van der Waals surface area contributed by atoms with Crippen LogP contribution in [0.25, 0.3) is 0 Å². The van der Waals surface area contributed by atoms with Gasteiger partial charge in [-0.05, 0) is 43.8 Å². The molecule has 35 heavy (non-hydrogen) atoms. The van der Waals surface area contributed by atoms with Crippen LogP contribution in [0.1, 0.15) is 67.9 Å². The Morgan fingerprint density at radius 2 is 1.49 bits per heavy atom. The van der Waals surface area contributed by atoms with E-state index in [4.69, 9.17) is 0 Å². The lowest BCUT2D eigenvalue weighted by molar-refractivity contribution is -0.136. The van der Waals surface area contributed by atoms with Gasteiger partial charge in [-0.1, -0.05) is 91.8 Å². The zero-order chi connectivity index (χ0) is 27.3. The van der Waals surface area contributed by atoms with Crippen molar-refractivity contribution in [2.24, 2.45) is 23.2 Å². The van der Waals surface area contributed by atoms with E-state index in [1.165, 1.54) is 0 Å². The van der Waals surface area contributed by atoms with Gasteiger partial charge < -0.3 is 10.4 Å². The molecule has 2 N–H and O–H groups in total. The number of likely N-dealkylation sites (N-methyl/N-ethyl adjacent to an activating group) is 1. The topological polar surface area (TPSA) is 86.7 Å². The first-order valence-electron chi connectivity index (χ1n) is 12.4. The Kier molecular flexibility index (Phi) is 10.5. The summed E-state index contributed by atoms with van der Waals surface area (Å²) in [4.78, 5) is 40.9. The maximum atomic E-state index is 13.8. The smallest absolute Gasteiger partial charge is 0.330 e. The monoisotopic (exact) mass is 486 g/mol. The van der Waals surface area contributed by atoms with Gasteiger partial charge in [0.1, 0.15) is 0 Å². The summed E-state index contributed by atoms with van der Waals surface area (Å²) in [5, 5.41) is 12.5. The zero-order valence-corrected chi connectivity index (χ0v) is 23.5. The van der Waals surface area contributed by atoms with Gasteiger partial charge in [-0.3, -0.25) is 14.5 Å². The Balaban J connectivity index is 3.36. The molecular weight excluding hydrogens is 440 g/mol. The second-order valence-electron chi connectivity index (χ2n) is 11.9. The number of aliphatic carboxylic acids is 1. The maximum Gasteiger partial charge on any atom is 0.330 e. The van der Waals surface area contributed by atoms with Crippen molar-refractivity contribution in [3.8, 4) is 0 Å². The summed E-state index contributed by atoms with van der Waals surface area (Å²) in [6.45, 7) is 17.3. The minimum absolute atomic E-state index is 0.0612. The predicted molar refractivity (Wildman–Crippen MR) is 142 cm³/mol. The normalized spacial score (nSPS) is 16.5. The minimum atomic E-state index is -0.993. The van der Waals surface area contributed by atoms with Crippen LogP contribution >= 0.6 is 0 Å². The van der Waals surface area contributed by atoms with Gasteiger partial charge in [0.25, 0.3) is 0 Å². The number of nitrogens with zero attached hydrogens (tertiary/aromatic N) is 1. The van der Waals surface area contributed by atoms with Crippen molar-refractivity contribution in [1.29, 1.82) is 0 Å². The first-order chi connectivity index (χ1) is 15.9. The van der Waals surface area contributed by atoms with Gasteiger partial charge in [0.2, 0.25) is 5.91 Å². The maximum absolute atomic E-state index is 13.8. The Labute approximate surface area is 212 Å². The molecule has 6 nitrogen and oxygen atoms in total. The van der Waals surface area contributed by atoms with Crippen molar-refractivity contribution < 1.29 is 19.5 Å². The summed E-state index contributed by atoms with van der Waals surface area (Å²) in [6.07, 6.45) is 1.68. The highest BCUT2D eigenvalue weighted by molar-refractivity contribution is 5.93. The van der Waals surface area contributed by atoms with E-state index in [9.17, 15) is 19.5 Å². The highest BCUT2D eigenvalue weighted by atomic mass is 16.4. The van der Waals surface area contributed by atoms with E-state index in [0.29, 0.717) is 0 Å². The molecule has 1 aromatic rings. The number of ketones is 1. The van der Waals surface area contributed by atoms with Crippen molar-refractivity contribution in [3.05, 3.63) is 47.5 Å². The Morgan fingerprint density at radius 1 is 0.971 bits per heavy atom. The van der Waals surface area contributed by atoms with Crippen molar-refractivity contribution in [2.45, 2.75) is 79.8 Å². The van der Waals surface area contributed by atoms with E-state index in [-0.39, 0.29) is 29.1 Å². The number of rotatable bonds is 11. The third-order valence-corrected chi connectivity index (χ3v) is 6.98. The molecule has 0 saturated carbocycles. The summed E-state index contributed by atoms with van der Waals surface area (Å²) < 4.78 is 0. The van der Waals surface area contributed by atoms with Crippen molar-refractivity contribution in [2.75, 3.05) is 14.1 Å². The molecule has 0 aliphatic rings. The number of amides is 1. The molecule has 0 spiro atoms. The fourth-order valence-corrected chi connectivity index (χ4v) is 4.90. The number of hydrogen-bond donors (Lipinski definition) is 2. The minimum Gasteiger partial charge on any atom is -0.478 e. The van der Waals surface area contributed by atoms with E-state index in [1.54, 1.807) is 13.0 Å². The van der Waals surface area contributed by atoms with E-state index in [2.05, 4.69) is 5.32 Å². The second-order valence-corrected chi connectivity index (χ2v) is 11.9. The van der Waals surface area contributed by atoms with Crippen LogP contribution < -0.4 is 5.32 Å². The number of carbonyl (C=O) groups is 3. The van der Waals surface area contributed by atoms with Crippen molar-refractivity contribution >= 4 is 17.7 Å². The van der Waals surface area contributed by atoms with Crippen LogP contribution in [0, 0.1) is 23.2 Å². The molecule has 1 unspecified atom stereocenters. The summed E-state index contributed by atoms with van der Waals surface area (Å²) in [6, 6.07) is 8.68. The highest BCUT2D eigenvalue weighted by Crippen LogP contribution is 2.33. The number of nitrogens with one attached hydrogen (secondary N) is 1. The Bertz CT molecular complexity index is 910. The summed E-state index contributed by atoms with van der Waals surface area (Å²) in [7, 11) is 3.75. The molecule has 196 valence electrons. The lowest BCUT2D eigenvalue weighted by atomic mass is 9.73. The Hall–Kier alpha value is -2.47. The number of Topliss-reactive ketones (excluding diaryl/α,β-unsaturated/α-hetero) is 1. The van der Waals surface area contributed by atoms with Crippen molar-refractivity contribution in [1.82, 2.24) is 10.2 Å². The number of allylic oxidation sites excluding steroid dienone is 1. The van der Waals surface area contributed by atoms with Gasteiger partial charge in [0.15, 0.2) is 5.78 Å². The van der Waals surface area contributed by atoms with Crippen LogP contribution in [0.2, 0.25) is 0 Å². The zero-order valence-electron chi connectivity index (χ0n) is 23.5. The first-order valence-corrected chi connectivity index (χ1v) is 12.4. The molecule has 0 heterocycles. The third kappa shape index (κ3) is 7.76. The molecule has 0 fully saturated rings. The number of carboxylic acids is 1. The van der Waals surface area contributed by atoms with Gasteiger partial charge in [0, 0.05) is 16.9 Å². The Morgan fingerprint density at radius 3 is 1.89 bits per heavy atom. The molecule has 0 bridgehead atoms. The summed E-state index contributed by atoms with van der Waals surface area (Å²) in [5.41, 5.74) is 0.224. The largest absolute Gasteiger partial charge is 0.478 e. The molecule has 0 aromatic heterocycles. The standard InChI is InChI=1S/C29H46N2O4/c1-18(2)22(17-19(3)27(34)35)20(4)23(32)24(28(5,6)7)30-26(33)25(31(10)11)29(8,9)21-15-13-12-14-16-21/h12-18,20,22,24-25H,1-11H3,(H,30,33)(H,34,35)/b19-17+/t20?,22-,24-,25-/m1/s1. The molecule has 0 saturated heterocycles. The van der Waals surface area contributed by atoms with Crippen LogP contribution in [0.15, 0.2) is 42.0 Å². The predicted octanol–water partition coefficient (Wildman–Crippen LogP) is 4.93. The van der Waals surface area contributed by atoms with Gasteiger partial charge in [-0.25, -0.2) is 4.79 Å². The molecule has 1 aromatic carbocycles. The van der Waals surface area contributed by atoms with Crippen molar-refractivity contribution in [3.63, 3.8) is 0 Å². The molecular formula is C29H46N2O4. The fourth-order valence-electron chi connectivity index (χ4n) is 4.90. The number of hydrogen-bond acceptors (Lipinski definition) is 4. The van der Waals surface area contributed by atoms with Crippen LogP contribution in [0.3, 0.4) is 0 Å². The van der Waals surface area contributed by atoms with Gasteiger partial charge in [-0.2, -0.15) is 0 Å². The van der Waals surface area contributed by atoms with E-state index in [0.717, 1.165) is 5.56 Å². The van der Waals surface area contributed by atoms with Gasteiger partial charge in [-0.15, -0.1) is 0 Å². The molecule has 4 atom stereocenters. The summed E-state index contributed by atoms with van der Waals surface area (Å²) in [5.74, 6) is -1.95. The number of benzene rings is 1. The SMILES string of the molecule is C/C(=C\[C@H](C(C)C)C(C)C(=O)[C@@H](NC(=O)[C@@H](N(C)C)C(C)(C)c1ccccc1)C(C)(C)C)C(=O)O. The van der Waals surface area contributed by atoms with E-state index >= 15 is 0 Å². The first kappa shape index (κ1) is 30.6. The molecule has 0 radical (unpaired) electrons. The quantitative estimate of drug-likeness (QED) is 0.433.